The van der Waals surface area contributed by atoms with Crippen LogP contribution in [0.25, 0.3) is 0 Å². The quantitative estimate of drug-likeness (QED) is 0.826. The molecule has 2 heterocycles. The van der Waals surface area contributed by atoms with Crippen LogP contribution in [-0.4, -0.2) is 23.1 Å². The summed E-state index contributed by atoms with van der Waals surface area (Å²) in [5, 5.41) is 3.35. The molecule has 1 aliphatic rings. The molecule has 2 rings (SSSR count). The summed E-state index contributed by atoms with van der Waals surface area (Å²) in [5.74, 6) is 1.53. The van der Waals surface area contributed by atoms with E-state index in [1.54, 1.807) is 6.07 Å². The van der Waals surface area contributed by atoms with Crippen molar-refractivity contribution in [3.05, 3.63) is 27.9 Å². The highest BCUT2D eigenvalue weighted by Crippen LogP contribution is 2.15. The molecule has 1 fully saturated rings. The van der Waals surface area contributed by atoms with Gasteiger partial charge in [0.25, 0.3) is 5.56 Å². The summed E-state index contributed by atoms with van der Waals surface area (Å²) in [6.45, 7) is 4.28. The normalized spacial score (nSPS) is 17.2. The highest BCUT2D eigenvalue weighted by molar-refractivity contribution is 5.03. The highest BCUT2D eigenvalue weighted by Gasteiger charge is 2.14. The molecule has 0 unspecified atom stereocenters. The molecule has 0 aliphatic carbocycles. The van der Waals surface area contributed by atoms with Crippen molar-refractivity contribution in [1.82, 2.24) is 15.3 Å². The van der Waals surface area contributed by atoms with Crippen LogP contribution in [0.15, 0.2) is 10.9 Å². The van der Waals surface area contributed by atoms with Crippen LogP contribution in [0.1, 0.15) is 37.7 Å². The summed E-state index contributed by atoms with van der Waals surface area (Å²) in [7, 11) is 0. The molecule has 94 valence electrons. The van der Waals surface area contributed by atoms with E-state index in [0.29, 0.717) is 5.92 Å². The highest BCUT2D eigenvalue weighted by atomic mass is 16.1. The van der Waals surface area contributed by atoms with Crippen molar-refractivity contribution in [2.45, 2.75) is 39.0 Å². The summed E-state index contributed by atoms with van der Waals surface area (Å²) in [6.07, 6.45) is 5.20. The van der Waals surface area contributed by atoms with Gasteiger partial charge in [0.1, 0.15) is 5.82 Å². The van der Waals surface area contributed by atoms with Gasteiger partial charge < -0.3 is 10.3 Å². The van der Waals surface area contributed by atoms with E-state index < -0.39 is 0 Å². The van der Waals surface area contributed by atoms with Gasteiger partial charge in [0, 0.05) is 18.2 Å². The van der Waals surface area contributed by atoms with Gasteiger partial charge >= 0.3 is 0 Å². The molecule has 4 heteroatoms. The van der Waals surface area contributed by atoms with Crippen LogP contribution < -0.4 is 10.9 Å². The number of aryl methyl sites for hydroxylation is 1. The monoisotopic (exact) mass is 235 g/mol. The first-order chi connectivity index (χ1) is 8.28. The van der Waals surface area contributed by atoms with Gasteiger partial charge in [-0.15, -0.1) is 0 Å². The van der Waals surface area contributed by atoms with Crippen molar-refractivity contribution in [1.29, 1.82) is 0 Å². The van der Waals surface area contributed by atoms with E-state index in [0.717, 1.165) is 43.9 Å². The van der Waals surface area contributed by atoms with E-state index in [-0.39, 0.29) is 5.56 Å². The molecule has 0 saturated carbocycles. The Bertz CT molecular complexity index is 407. The van der Waals surface area contributed by atoms with Crippen LogP contribution in [0.2, 0.25) is 0 Å². The molecule has 1 aliphatic heterocycles. The minimum Gasteiger partial charge on any atom is -0.317 e. The van der Waals surface area contributed by atoms with Crippen molar-refractivity contribution in [3.63, 3.8) is 0 Å². The molecule has 0 spiro atoms. The van der Waals surface area contributed by atoms with E-state index in [2.05, 4.69) is 22.2 Å². The summed E-state index contributed by atoms with van der Waals surface area (Å²) in [5.41, 5.74) is 0.924. The Morgan fingerprint density at radius 2 is 2.18 bits per heavy atom. The van der Waals surface area contributed by atoms with Crippen LogP contribution in [0.3, 0.4) is 0 Å². The zero-order valence-electron chi connectivity index (χ0n) is 10.5. The third kappa shape index (κ3) is 3.66. The maximum absolute atomic E-state index is 11.5. The Morgan fingerprint density at radius 3 is 2.88 bits per heavy atom. The fraction of sp³-hybridized carbons (Fsp3) is 0.692. The fourth-order valence-corrected chi connectivity index (χ4v) is 2.40. The number of rotatable bonds is 4. The molecule has 1 aromatic heterocycles. The number of nitrogens with zero attached hydrogens (tertiary/aromatic N) is 1. The lowest BCUT2D eigenvalue weighted by molar-refractivity contribution is 0.366. The van der Waals surface area contributed by atoms with Gasteiger partial charge in [-0.05, 0) is 38.3 Å². The van der Waals surface area contributed by atoms with Gasteiger partial charge in [-0.1, -0.05) is 13.3 Å². The zero-order valence-corrected chi connectivity index (χ0v) is 10.5. The summed E-state index contributed by atoms with van der Waals surface area (Å²) >= 11 is 0. The van der Waals surface area contributed by atoms with Crippen molar-refractivity contribution in [2.24, 2.45) is 5.92 Å². The van der Waals surface area contributed by atoms with Gasteiger partial charge in [-0.25, -0.2) is 4.98 Å². The lowest BCUT2D eigenvalue weighted by Gasteiger charge is -2.22. The van der Waals surface area contributed by atoms with Gasteiger partial charge in [0.05, 0.1) is 0 Å². The van der Waals surface area contributed by atoms with Gasteiger partial charge in [0.15, 0.2) is 0 Å². The van der Waals surface area contributed by atoms with Gasteiger partial charge in [-0.3, -0.25) is 4.79 Å². The molecule has 1 aromatic rings. The van der Waals surface area contributed by atoms with Crippen molar-refractivity contribution >= 4 is 0 Å². The molecule has 1 saturated heterocycles. The molecule has 0 aromatic carbocycles. The van der Waals surface area contributed by atoms with Crippen LogP contribution >= 0.6 is 0 Å². The van der Waals surface area contributed by atoms with E-state index in [4.69, 9.17) is 0 Å². The minimum atomic E-state index is -0.00705. The first-order valence-corrected chi connectivity index (χ1v) is 6.57. The summed E-state index contributed by atoms with van der Waals surface area (Å²) in [4.78, 5) is 18.9. The van der Waals surface area contributed by atoms with E-state index in [1.807, 2.05) is 0 Å². The van der Waals surface area contributed by atoms with Crippen LogP contribution in [0.4, 0.5) is 0 Å². The van der Waals surface area contributed by atoms with Gasteiger partial charge in [-0.2, -0.15) is 0 Å². The second-order valence-electron chi connectivity index (χ2n) is 4.83. The molecular formula is C13H21N3O. The summed E-state index contributed by atoms with van der Waals surface area (Å²) < 4.78 is 0. The second kappa shape index (κ2) is 5.96. The number of aromatic nitrogens is 2. The first kappa shape index (κ1) is 12.3. The van der Waals surface area contributed by atoms with Crippen molar-refractivity contribution in [2.75, 3.05) is 13.1 Å². The Labute approximate surface area is 102 Å². The molecule has 0 amide bonds. The molecule has 17 heavy (non-hydrogen) atoms. The lowest BCUT2D eigenvalue weighted by atomic mass is 9.94. The number of hydrogen-bond acceptors (Lipinski definition) is 3. The third-order valence-corrected chi connectivity index (χ3v) is 3.29. The minimum absolute atomic E-state index is 0.00705. The Balaban J connectivity index is 2.06. The van der Waals surface area contributed by atoms with Crippen molar-refractivity contribution < 1.29 is 0 Å². The predicted octanol–water partition coefficient (Wildman–Crippen LogP) is 1.26. The van der Waals surface area contributed by atoms with E-state index >= 15 is 0 Å². The maximum Gasteiger partial charge on any atom is 0.251 e. The topological polar surface area (TPSA) is 57.8 Å². The van der Waals surface area contributed by atoms with E-state index in [1.165, 1.54) is 12.8 Å². The average Bonchev–Trinajstić information content (AvgIpc) is 2.30. The number of hydrogen-bond donors (Lipinski definition) is 2. The largest absolute Gasteiger partial charge is 0.317 e. The zero-order chi connectivity index (χ0) is 12.1. The Kier molecular flexibility index (Phi) is 4.31. The van der Waals surface area contributed by atoms with Gasteiger partial charge in [0.2, 0.25) is 0 Å². The van der Waals surface area contributed by atoms with Crippen LogP contribution in [0.5, 0.6) is 0 Å². The molecule has 4 nitrogen and oxygen atoms in total. The second-order valence-corrected chi connectivity index (χ2v) is 4.83. The molecule has 0 bridgehead atoms. The number of nitrogens with one attached hydrogen (secondary N) is 2. The average molecular weight is 235 g/mol. The third-order valence-electron chi connectivity index (χ3n) is 3.29. The number of H-pyrrole nitrogens is 1. The van der Waals surface area contributed by atoms with E-state index in [9.17, 15) is 4.79 Å². The molecule has 0 radical (unpaired) electrons. The Hall–Kier alpha value is -1.16. The first-order valence-electron chi connectivity index (χ1n) is 6.57. The number of piperidine rings is 1. The van der Waals surface area contributed by atoms with Crippen molar-refractivity contribution in [3.8, 4) is 0 Å². The van der Waals surface area contributed by atoms with Crippen LogP contribution in [-0.2, 0) is 12.8 Å². The maximum atomic E-state index is 11.5. The SMILES string of the molecule is CCCc1cc(=O)[nH]c(CC2CCNCC2)n1. The Morgan fingerprint density at radius 1 is 1.41 bits per heavy atom. The molecule has 0 atom stereocenters. The molecular weight excluding hydrogens is 214 g/mol. The van der Waals surface area contributed by atoms with Crippen LogP contribution in [0, 0.1) is 5.92 Å². The standard InChI is InChI=1S/C13H21N3O/c1-2-3-11-9-13(17)16-12(15-11)8-10-4-6-14-7-5-10/h9-10,14H,2-8H2,1H3,(H,15,16,17). The predicted molar refractivity (Wildman–Crippen MR) is 68.2 cm³/mol. The summed E-state index contributed by atoms with van der Waals surface area (Å²) in [6, 6.07) is 1.62. The number of aromatic amines is 1. The fourth-order valence-electron chi connectivity index (χ4n) is 2.40. The smallest absolute Gasteiger partial charge is 0.251 e. The molecule has 2 N–H and O–H groups in total. The lowest BCUT2D eigenvalue weighted by Crippen LogP contribution is -2.29.